The number of hydrogen-bond acceptors (Lipinski definition) is 7. The molecule has 3 N–H and O–H groups in total. The van der Waals surface area contributed by atoms with Crippen molar-refractivity contribution in [3.8, 4) is 0 Å². The molecule has 11 nitrogen and oxygen atoms in total. The number of nitrogens with one attached hydrogen (secondary N) is 2. The van der Waals surface area contributed by atoms with Gasteiger partial charge in [0.1, 0.15) is 12.8 Å². The van der Waals surface area contributed by atoms with Gasteiger partial charge in [0.05, 0.1) is 28.8 Å². The van der Waals surface area contributed by atoms with E-state index in [1.807, 2.05) is 0 Å². The quantitative estimate of drug-likeness (QED) is 0.236. The number of carboxylic acid groups (broad SMARTS) is 1. The van der Waals surface area contributed by atoms with Gasteiger partial charge in [0.15, 0.2) is 6.17 Å². The Bertz CT molecular complexity index is 1850. The van der Waals surface area contributed by atoms with Crippen LogP contribution in [0.25, 0.3) is 10.8 Å². The van der Waals surface area contributed by atoms with Crippen molar-refractivity contribution in [2.24, 2.45) is 4.99 Å². The van der Waals surface area contributed by atoms with E-state index in [1.54, 1.807) is 91.0 Å². The highest BCUT2D eigenvalue weighted by molar-refractivity contribution is 7.89. The number of nitrogens with zero attached hydrogens (tertiary/aromatic N) is 2. The normalized spacial score (nSPS) is 15.6. The minimum atomic E-state index is -4.33. The summed E-state index contributed by atoms with van der Waals surface area (Å²) in [6.45, 7) is -0.635. The zero-order chi connectivity index (χ0) is 30.6. The molecule has 0 aromatic heterocycles. The Labute approximate surface area is 246 Å². The molecular formula is C31H26N4O7S. The van der Waals surface area contributed by atoms with Crippen molar-refractivity contribution in [3.05, 3.63) is 108 Å². The highest BCUT2D eigenvalue weighted by Crippen LogP contribution is 2.29. The second-order valence-corrected chi connectivity index (χ2v) is 11.4. The van der Waals surface area contributed by atoms with Crippen molar-refractivity contribution < 1.29 is 32.7 Å². The Morgan fingerprint density at radius 1 is 0.930 bits per heavy atom. The van der Waals surface area contributed by atoms with E-state index in [2.05, 4.69) is 15.0 Å². The second-order valence-electron chi connectivity index (χ2n) is 9.69. The molecule has 12 heteroatoms. The van der Waals surface area contributed by atoms with Gasteiger partial charge in [-0.05, 0) is 17.5 Å². The minimum absolute atomic E-state index is 0.0524. The van der Waals surface area contributed by atoms with E-state index in [-0.39, 0.29) is 10.6 Å². The number of benzodiazepines with no additional fused rings is 1. The molecule has 1 aliphatic heterocycles. The van der Waals surface area contributed by atoms with Gasteiger partial charge in [0.25, 0.3) is 5.91 Å². The monoisotopic (exact) mass is 598 g/mol. The minimum Gasteiger partial charge on any atom is -0.481 e. The van der Waals surface area contributed by atoms with Gasteiger partial charge < -0.3 is 15.2 Å². The molecule has 1 aliphatic rings. The molecule has 218 valence electrons. The van der Waals surface area contributed by atoms with Crippen LogP contribution in [-0.2, 0) is 29.2 Å². The molecule has 4 aromatic rings. The first-order valence-electron chi connectivity index (χ1n) is 13.2. The maximum atomic E-state index is 14.1. The van der Waals surface area contributed by atoms with Gasteiger partial charge in [-0.2, -0.15) is 4.72 Å². The van der Waals surface area contributed by atoms with Crippen LogP contribution in [0, 0.1) is 0 Å². The molecule has 0 aliphatic carbocycles. The molecule has 0 saturated heterocycles. The average Bonchev–Trinajstić information content (AvgIpc) is 3.11. The number of para-hydroxylation sites is 1. The van der Waals surface area contributed by atoms with Crippen molar-refractivity contribution in [3.63, 3.8) is 0 Å². The third-order valence-corrected chi connectivity index (χ3v) is 8.24. The second kappa shape index (κ2) is 12.3. The number of aldehydes is 1. The maximum Gasteiger partial charge on any atom is 0.305 e. The van der Waals surface area contributed by atoms with E-state index < -0.39 is 53.0 Å². The zero-order valence-electron chi connectivity index (χ0n) is 22.6. The SMILES string of the molecule is O=CC(CC(=O)O)NC(=O)CN1C(=O)C(NS(=O)(=O)c2cccc3ccccc23)N=C(c2ccccc2)c2ccccc21. The summed E-state index contributed by atoms with van der Waals surface area (Å²) in [5.74, 6) is -2.96. The largest absolute Gasteiger partial charge is 0.481 e. The summed E-state index contributed by atoms with van der Waals surface area (Å²) < 4.78 is 30.0. The molecular weight excluding hydrogens is 572 g/mol. The first-order chi connectivity index (χ1) is 20.7. The standard InChI is InChI=1S/C31H26N4O7S/c36-19-22(17-28(38)39)32-27(37)18-35-25-15-7-6-14-24(25)29(21-10-2-1-3-11-21)33-30(31(35)40)34-43(41,42)26-16-8-12-20-9-4-5-13-23(20)26/h1-16,19,22,30,34H,17-18H2,(H,32,37)(H,38,39). The van der Waals surface area contributed by atoms with Crippen LogP contribution in [0.5, 0.6) is 0 Å². The Balaban J connectivity index is 1.59. The Kier molecular flexibility index (Phi) is 8.41. The van der Waals surface area contributed by atoms with Crippen LogP contribution in [0.1, 0.15) is 17.5 Å². The molecule has 0 saturated carbocycles. The fourth-order valence-electron chi connectivity index (χ4n) is 4.85. The number of carbonyl (C=O) groups excluding carboxylic acids is 3. The van der Waals surface area contributed by atoms with Crippen LogP contribution in [-0.4, -0.2) is 62.1 Å². The van der Waals surface area contributed by atoms with E-state index in [0.29, 0.717) is 33.9 Å². The summed E-state index contributed by atoms with van der Waals surface area (Å²) in [5, 5.41) is 12.5. The molecule has 1 heterocycles. The lowest BCUT2D eigenvalue weighted by Crippen LogP contribution is -2.51. The number of aliphatic imine (C=N–C) groups is 1. The molecule has 5 rings (SSSR count). The highest BCUT2D eigenvalue weighted by atomic mass is 32.2. The summed E-state index contributed by atoms with van der Waals surface area (Å²) in [5.41, 5.74) is 1.65. The van der Waals surface area contributed by atoms with Crippen LogP contribution in [0.2, 0.25) is 0 Å². The molecule has 2 amide bonds. The average molecular weight is 599 g/mol. The summed E-state index contributed by atoms with van der Waals surface area (Å²) in [6, 6.07) is 25.9. The number of hydrogen-bond donors (Lipinski definition) is 3. The lowest BCUT2D eigenvalue weighted by Gasteiger charge is -2.25. The van der Waals surface area contributed by atoms with E-state index in [9.17, 15) is 27.6 Å². The number of rotatable bonds is 10. The smallest absolute Gasteiger partial charge is 0.305 e. The first kappa shape index (κ1) is 29.3. The highest BCUT2D eigenvalue weighted by Gasteiger charge is 2.36. The van der Waals surface area contributed by atoms with Gasteiger partial charge in [-0.25, -0.2) is 8.42 Å². The number of carboxylic acids is 1. The number of anilines is 1. The topological polar surface area (TPSA) is 162 Å². The van der Waals surface area contributed by atoms with E-state index in [4.69, 9.17) is 5.11 Å². The van der Waals surface area contributed by atoms with Crippen LogP contribution in [0.15, 0.2) is 107 Å². The number of amides is 2. The van der Waals surface area contributed by atoms with Crippen molar-refractivity contribution in [1.29, 1.82) is 0 Å². The molecule has 0 radical (unpaired) electrons. The van der Waals surface area contributed by atoms with Gasteiger partial charge in [0, 0.05) is 16.5 Å². The van der Waals surface area contributed by atoms with E-state index in [0.717, 1.165) is 4.90 Å². The molecule has 2 atom stereocenters. The van der Waals surface area contributed by atoms with Crippen LogP contribution in [0.3, 0.4) is 0 Å². The summed E-state index contributed by atoms with van der Waals surface area (Å²) in [4.78, 5) is 55.2. The molecule has 0 spiro atoms. The van der Waals surface area contributed by atoms with Gasteiger partial charge in [0.2, 0.25) is 15.9 Å². The molecule has 2 unspecified atom stereocenters. The molecule has 0 fully saturated rings. The lowest BCUT2D eigenvalue weighted by atomic mass is 10.0. The maximum absolute atomic E-state index is 14.1. The van der Waals surface area contributed by atoms with Crippen molar-refractivity contribution in [1.82, 2.24) is 10.0 Å². The van der Waals surface area contributed by atoms with Gasteiger partial charge in [-0.1, -0.05) is 84.9 Å². The summed E-state index contributed by atoms with van der Waals surface area (Å²) in [7, 11) is -4.33. The van der Waals surface area contributed by atoms with Crippen molar-refractivity contribution in [2.45, 2.75) is 23.5 Å². The number of sulfonamides is 1. The molecule has 0 bridgehead atoms. The first-order valence-corrected chi connectivity index (χ1v) is 14.7. The predicted molar refractivity (Wildman–Crippen MR) is 159 cm³/mol. The van der Waals surface area contributed by atoms with Crippen LogP contribution in [0.4, 0.5) is 5.69 Å². The number of fused-ring (bicyclic) bond motifs is 2. The number of benzene rings is 4. The lowest BCUT2D eigenvalue weighted by molar-refractivity contribution is -0.138. The van der Waals surface area contributed by atoms with Crippen molar-refractivity contribution >= 4 is 56.3 Å². The summed E-state index contributed by atoms with van der Waals surface area (Å²) in [6.07, 6.45) is -2.03. The zero-order valence-corrected chi connectivity index (χ0v) is 23.4. The van der Waals surface area contributed by atoms with E-state index >= 15 is 0 Å². The Morgan fingerprint density at radius 3 is 2.35 bits per heavy atom. The van der Waals surface area contributed by atoms with Crippen molar-refractivity contribution in [2.75, 3.05) is 11.4 Å². The number of carbonyl (C=O) groups is 4. The predicted octanol–water partition coefficient (Wildman–Crippen LogP) is 2.49. The third-order valence-electron chi connectivity index (χ3n) is 6.77. The fourth-order valence-corrected chi connectivity index (χ4v) is 6.16. The molecule has 4 aromatic carbocycles. The van der Waals surface area contributed by atoms with E-state index in [1.165, 1.54) is 6.07 Å². The van der Waals surface area contributed by atoms with Gasteiger partial charge in [-0.15, -0.1) is 0 Å². The van der Waals surface area contributed by atoms with Crippen LogP contribution < -0.4 is 14.9 Å². The molecule has 43 heavy (non-hydrogen) atoms. The number of aliphatic carboxylic acids is 1. The van der Waals surface area contributed by atoms with Gasteiger partial charge >= 0.3 is 5.97 Å². The van der Waals surface area contributed by atoms with Crippen LogP contribution >= 0.6 is 0 Å². The fraction of sp³-hybridized carbons (Fsp3) is 0.129. The van der Waals surface area contributed by atoms with Gasteiger partial charge in [-0.3, -0.25) is 24.3 Å². The Morgan fingerprint density at radius 2 is 1.60 bits per heavy atom. The Hall–Kier alpha value is -5.20. The summed E-state index contributed by atoms with van der Waals surface area (Å²) >= 11 is 0. The third kappa shape index (κ3) is 6.35.